The molecular weight excluding hydrogens is 416 g/mol. The molecule has 0 spiro atoms. The van der Waals surface area contributed by atoms with Crippen LogP contribution in [0.3, 0.4) is 0 Å². The summed E-state index contributed by atoms with van der Waals surface area (Å²) in [6.07, 6.45) is -34.6. The van der Waals surface area contributed by atoms with Gasteiger partial charge in [-0.2, -0.15) is 65.9 Å². The van der Waals surface area contributed by atoms with E-state index in [9.17, 15) is 70.2 Å². The van der Waals surface area contributed by atoms with Crippen molar-refractivity contribution in [3.63, 3.8) is 0 Å². The topological polar surface area (TPSA) is 9.23 Å². The lowest BCUT2D eigenvalue weighted by Crippen LogP contribution is -2.59. The largest absolute Gasteiger partial charge is 0.474 e. The van der Waals surface area contributed by atoms with Crippen LogP contribution < -0.4 is 0 Å². The van der Waals surface area contributed by atoms with Crippen molar-refractivity contribution in [1.29, 1.82) is 0 Å². The van der Waals surface area contributed by atoms with Crippen molar-refractivity contribution in [2.24, 2.45) is 0 Å². The van der Waals surface area contributed by atoms with Crippen LogP contribution in [0.5, 0.6) is 0 Å². The van der Waals surface area contributed by atoms with Crippen LogP contribution in [0, 0.1) is 0 Å². The van der Waals surface area contributed by atoms with Gasteiger partial charge < -0.3 is 4.74 Å². The van der Waals surface area contributed by atoms with Crippen molar-refractivity contribution in [3.05, 3.63) is 11.8 Å². The summed E-state index contributed by atoms with van der Waals surface area (Å²) in [5.41, 5.74) is -7.51. The molecule has 17 heteroatoms. The second kappa shape index (κ2) is 6.00. The van der Waals surface area contributed by atoms with Gasteiger partial charge >= 0.3 is 42.3 Å². The lowest BCUT2D eigenvalue weighted by molar-refractivity contribution is -0.427. The molecule has 0 atom stereocenters. The lowest BCUT2D eigenvalue weighted by Gasteiger charge is -2.34. The first-order valence-corrected chi connectivity index (χ1v) is 4.93. The molecule has 0 aromatic carbocycles. The van der Waals surface area contributed by atoms with Crippen LogP contribution >= 0.6 is 0 Å². The number of rotatable bonds is 4. The van der Waals surface area contributed by atoms with Gasteiger partial charge in [-0.05, 0) is 0 Å². The Balaban J connectivity index is 6.45. The Morgan fingerprint density at radius 3 is 1.04 bits per heavy atom. The lowest BCUT2D eigenvalue weighted by atomic mass is 10.0. The molecule has 0 bridgehead atoms. The summed E-state index contributed by atoms with van der Waals surface area (Å²) in [5.74, 6) is -12.4. The zero-order valence-corrected chi connectivity index (χ0v) is 10.5. The number of hydrogen-bond acceptors (Lipinski definition) is 1. The second-order valence-electron chi connectivity index (χ2n) is 3.93. The monoisotopic (exact) mass is 416 g/mol. The minimum Gasteiger partial charge on any atom is -0.422 e. The van der Waals surface area contributed by atoms with Crippen LogP contribution in [0.2, 0.25) is 0 Å². The number of allylic oxidation sites excluding steroid dienone is 1. The predicted octanol–water partition coefficient (Wildman–Crippen LogP) is 5.73. The maximum absolute atomic E-state index is 13.2. The number of halogens is 16. The Morgan fingerprint density at radius 1 is 0.520 bits per heavy atom. The Labute approximate surface area is 124 Å². The number of hydrogen-bond donors (Lipinski definition) is 0. The molecule has 0 fully saturated rings. The van der Waals surface area contributed by atoms with Gasteiger partial charge in [0.15, 0.2) is 0 Å². The molecule has 0 N–H and O–H groups in total. The van der Waals surface area contributed by atoms with Gasteiger partial charge in [0.05, 0.1) is 0 Å². The van der Waals surface area contributed by atoms with E-state index < -0.39 is 48.1 Å². The average Bonchev–Trinajstić information content (AvgIpc) is 2.30. The normalized spacial score (nSPS) is 15.2. The highest BCUT2D eigenvalue weighted by molar-refractivity contribution is 5.20. The van der Waals surface area contributed by atoms with Crippen molar-refractivity contribution < 1.29 is 75.0 Å². The van der Waals surface area contributed by atoms with Gasteiger partial charge in [0, 0.05) is 0 Å². The molecule has 0 unspecified atom stereocenters. The van der Waals surface area contributed by atoms with Crippen LogP contribution in [0.25, 0.3) is 0 Å². The molecule has 0 radical (unpaired) electrons. The van der Waals surface area contributed by atoms with Crippen molar-refractivity contribution in [2.45, 2.75) is 36.2 Å². The van der Waals surface area contributed by atoms with E-state index in [2.05, 4.69) is 0 Å². The minimum atomic E-state index is -7.56. The highest BCUT2D eigenvalue weighted by Gasteiger charge is 2.81. The third kappa shape index (κ3) is 3.83. The summed E-state index contributed by atoms with van der Waals surface area (Å²) in [7, 11) is 0. The maximum atomic E-state index is 13.2. The van der Waals surface area contributed by atoms with Crippen LogP contribution in [0.1, 0.15) is 0 Å². The molecule has 0 saturated heterocycles. The zero-order valence-electron chi connectivity index (χ0n) is 10.5. The van der Waals surface area contributed by atoms with E-state index in [-0.39, 0.29) is 0 Å². The Bertz CT molecular complexity index is 500. The number of alkyl halides is 14. The Morgan fingerprint density at radius 2 is 0.840 bits per heavy atom. The third-order valence-electron chi connectivity index (χ3n) is 2.22. The molecular formula is C8F16O. The quantitative estimate of drug-likeness (QED) is 0.420. The molecule has 0 aromatic heterocycles. The van der Waals surface area contributed by atoms with E-state index in [1.54, 1.807) is 4.74 Å². The molecule has 0 saturated carbocycles. The summed E-state index contributed by atoms with van der Waals surface area (Å²) in [5, 5.41) is 0. The Hall–Kier alpha value is -1.58. The first-order valence-electron chi connectivity index (χ1n) is 4.93. The smallest absolute Gasteiger partial charge is 0.422 e. The standard InChI is InChI=1S/C8F16O/c9-2(10)1(3(11,5(14,15)16)6(17,18)19)25-8(23,24)4(12,13)7(20,21)22. The van der Waals surface area contributed by atoms with Crippen molar-refractivity contribution in [1.82, 2.24) is 0 Å². The van der Waals surface area contributed by atoms with Gasteiger partial charge in [-0.3, -0.25) is 0 Å². The second-order valence-corrected chi connectivity index (χ2v) is 3.93. The number of ether oxygens (including phenoxy) is 1. The summed E-state index contributed by atoms with van der Waals surface area (Å²) >= 11 is 0. The Kier molecular flexibility index (Phi) is 5.62. The molecule has 0 heterocycles. The van der Waals surface area contributed by atoms with Gasteiger partial charge in [0.25, 0.3) is 0 Å². The van der Waals surface area contributed by atoms with E-state index in [1.165, 1.54) is 0 Å². The average molecular weight is 416 g/mol. The van der Waals surface area contributed by atoms with Crippen LogP contribution in [-0.2, 0) is 4.74 Å². The van der Waals surface area contributed by atoms with Gasteiger partial charge in [-0.15, -0.1) is 0 Å². The first-order chi connectivity index (χ1) is 10.5. The fraction of sp³-hybridized carbons (Fsp3) is 0.750. The zero-order chi connectivity index (χ0) is 20.9. The molecule has 0 aliphatic rings. The molecule has 25 heavy (non-hydrogen) atoms. The van der Waals surface area contributed by atoms with Crippen molar-refractivity contribution in [2.75, 3.05) is 0 Å². The first kappa shape index (κ1) is 23.4. The SMILES string of the molecule is FC(F)=C(OC(F)(F)C(F)(F)C(F)(F)F)C(F)(C(F)(F)F)C(F)(F)F. The van der Waals surface area contributed by atoms with E-state index in [4.69, 9.17) is 0 Å². The fourth-order valence-electron chi connectivity index (χ4n) is 1.01. The van der Waals surface area contributed by atoms with E-state index >= 15 is 0 Å². The molecule has 150 valence electrons. The van der Waals surface area contributed by atoms with E-state index in [0.29, 0.717) is 0 Å². The molecule has 0 aromatic rings. The summed E-state index contributed by atoms with van der Waals surface area (Å²) in [6, 6.07) is 0. The van der Waals surface area contributed by atoms with Gasteiger partial charge in [0.2, 0.25) is 5.76 Å². The molecule has 0 rings (SSSR count). The fourth-order valence-corrected chi connectivity index (χ4v) is 1.01. The summed E-state index contributed by atoms with van der Waals surface area (Å²) in [6.45, 7) is 0. The maximum Gasteiger partial charge on any atom is 0.474 e. The van der Waals surface area contributed by atoms with Crippen molar-refractivity contribution >= 4 is 0 Å². The highest BCUT2D eigenvalue weighted by Crippen LogP contribution is 2.55. The third-order valence-corrected chi connectivity index (χ3v) is 2.22. The predicted molar refractivity (Wildman–Crippen MR) is 42.2 cm³/mol. The van der Waals surface area contributed by atoms with Crippen molar-refractivity contribution in [3.8, 4) is 0 Å². The van der Waals surface area contributed by atoms with E-state index in [0.717, 1.165) is 0 Å². The summed E-state index contributed by atoms with van der Waals surface area (Å²) in [4.78, 5) is 0. The highest BCUT2D eigenvalue weighted by atomic mass is 19.4. The van der Waals surface area contributed by atoms with Gasteiger partial charge in [-0.25, -0.2) is 4.39 Å². The van der Waals surface area contributed by atoms with Gasteiger partial charge in [-0.1, -0.05) is 0 Å². The minimum absolute atomic E-state index is 1.62. The molecule has 1 nitrogen and oxygen atoms in total. The molecule has 0 aliphatic heterocycles. The van der Waals surface area contributed by atoms with Gasteiger partial charge in [0.1, 0.15) is 0 Å². The summed E-state index contributed by atoms with van der Waals surface area (Å²) < 4.78 is 197. The molecule has 0 aliphatic carbocycles. The molecule has 0 amide bonds. The van der Waals surface area contributed by atoms with Crippen LogP contribution in [0.15, 0.2) is 11.8 Å². The van der Waals surface area contributed by atoms with Crippen LogP contribution in [-0.4, -0.2) is 36.2 Å². The van der Waals surface area contributed by atoms with E-state index in [1.807, 2.05) is 0 Å². The van der Waals surface area contributed by atoms with Crippen LogP contribution in [0.4, 0.5) is 70.2 Å².